The van der Waals surface area contributed by atoms with Crippen molar-refractivity contribution >= 4 is 43.6 Å². The topological polar surface area (TPSA) is 44.2 Å². The van der Waals surface area contributed by atoms with E-state index in [1.165, 1.54) is 10.8 Å². The lowest BCUT2D eigenvalue weighted by Gasteiger charge is -2.14. The lowest BCUT2D eigenvalue weighted by Crippen LogP contribution is -2.00. The van der Waals surface area contributed by atoms with Gasteiger partial charge in [0.1, 0.15) is 22.5 Å². The van der Waals surface area contributed by atoms with Gasteiger partial charge >= 0.3 is 0 Å². The van der Waals surface area contributed by atoms with Gasteiger partial charge in [0, 0.05) is 10.8 Å². The smallest absolute Gasteiger partial charge is 0.147 e. The molecule has 5 aromatic rings. The van der Waals surface area contributed by atoms with E-state index in [2.05, 4.69) is 36.4 Å². The zero-order chi connectivity index (χ0) is 19.1. The zero-order valence-corrected chi connectivity index (χ0v) is 15.9. The van der Waals surface area contributed by atoms with Gasteiger partial charge in [-0.05, 0) is 36.8 Å². The molecule has 0 bridgehead atoms. The highest BCUT2D eigenvalue weighted by Gasteiger charge is 2.16. The average Bonchev–Trinajstić information content (AvgIpc) is 2.75. The molecule has 0 aliphatic heterocycles. The van der Waals surface area contributed by atoms with E-state index in [0.717, 1.165) is 44.3 Å². The Hall–Kier alpha value is -3.40. The van der Waals surface area contributed by atoms with Gasteiger partial charge in [0.15, 0.2) is 0 Å². The molecule has 138 valence electrons. The van der Waals surface area contributed by atoms with Crippen LogP contribution in [0.25, 0.3) is 43.6 Å². The Morgan fingerprint density at radius 3 is 1.32 bits per heavy atom. The van der Waals surface area contributed by atoms with Crippen LogP contribution in [0.3, 0.4) is 0 Å². The molecule has 0 saturated carbocycles. The fourth-order valence-electron chi connectivity index (χ4n) is 3.86. The van der Waals surface area contributed by atoms with Gasteiger partial charge in [-0.15, -0.1) is 0 Å². The summed E-state index contributed by atoms with van der Waals surface area (Å²) in [5.74, 6) is 1.46. The van der Waals surface area contributed by atoms with Crippen molar-refractivity contribution in [2.45, 2.75) is 13.8 Å². The molecule has 0 atom stereocenters. The van der Waals surface area contributed by atoms with E-state index < -0.39 is 0 Å². The van der Waals surface area contributed by atoms with Crippen molar-refractivity contribution in [3.63, 3.8) is 0 Å². The van der Waals surface area contributed by atoms with Gasteiger partial charge < -0.3 is 9.47 Å². The maximum atomic E-state index is 5.84. The van der Waals surface area contributed by atoms with Gasteiger partial charge in [-0.1, -0.05) is 48.5 Å². The summed E-state index contributed by atoms with van der Waals surface area (Å²) in [5.41, 5.74) is 3.24. The SMILES string of the molecule is CCOc1ccc(OCC)c2nc3c4ccccc4c4ccccc4c3nc12. The molecule has 0 aliphatic carbocycles. The molecule has 28 heavy (non-hydrogen) atoms. The number of ether oxygens (including phenoxy) is 2. The number of benzene rings is 4. The summed E-state index contributed by atoms with van der Waals surface area (Å²) in [4.78, 5) is 10.1. The van der Waals surface area contributed by atoms with Gasteiger partial charge in [0.05, 0.1) is 24.2 Å². The Balaban J connectivity index is 2.02. The van der Waals surface area contributed by atoms with Crippen molar-refractivity contribution in [2.24, 2.45) is 0 Å². The fourth-order valence-corrected chi connectivity index (χ4v) is 3.86. The molecule has 0 N–H and O–H groups in total. The molecule has 1 heterocycles. The summed E-state index contributed by atoms with van der Waals surface area (Å²) in [6.45, 7) is 5.09. The van der Waals surface area contributed by atoms with Crippen LogP contribution in [-0.4, -0.2) is 23.2 Å². The molecule has 0 spiro atoms. The molecule has 4 nitrogen and oxygen atoms in total. The van der Waals surface area contributed by atoms with Crippen molar-refractivity contribution in [3.05, 3.63) is 60.7 Å². The number of hydrogen-bond donors (Lipinski definition) is 0. The Bertz CT molecular complexity index is 1240. The molecule has 5 rings (SSSR count). The van der Waals surface area contributed by atoms with Crippen LogP contribution in [-0.2, 0) is 0 Å². The highest BCUT2D eigenvalue weighted by atomic mass is 16.5. The van der Waals surface area contributed by atoms with Gasteiger partial charge in [-0.2, -0.15) is 0 Å². The predicted octanol–water partition coefficient (Wildman–Crippen LogP) is 5.89. The van der Waals surface area contributed by atoms with Crippen LogP contribution in [0.2, 0.25) is 0 Å². The zero-order valence-electron chi connectivity index (χ0n) is 15.9. The minimum absolute atomic E-state index is 0.571. The summed E-state index contributed by atoms with van der Waals surface area (Å²) in [5, 5.41) is 4.54. The Labute approximate surface area is 162 Å². The molecular weight excluding hydrogens is 348 g/mol. The molecule has 4 heteroatoms. The lowest BCUT2D eigenvalue weighted by atomic mass is 9.99. The van der Waals surface area contributed by atoms with E-state index in [0.29, 0.717) is 13.2 Å². The largest absolute Gasteiger partial charge is 0.492 e. The second-order valence-electron chi connectivity index (χ2n) is 6.64. The van der Waals surface area contributed by atoms with E-state index in [1.54, 1.807) is 0 Å². The minimum atomic E-state index is 0.571. The van der Waals surface area contributed by atoms with Gasteiger partial charge in [0.2, 0.25) is 0 Å². The Morgan fingerprint density at radius 1 is 0.536 bits per heavy atom. The number of nitrogens with zero attached hydrogens (tertiary/aromatic N) is 2. The van der Waals surface area contributed by atoms with E-state index in [1.807, 2.05) is 38.1 Å². The number of rotatable bonds is 4. The highest BCUT2D eigenvalue weighted by Crippen LogP contribution is 2.37. The van der Waals surface area contributed by atoms with Gasteiger partial charge in [0.25, 0.3) is 0 Å². The summed E-state index contributed by atoms with van der Waals surface area (Å²) in [7, 11) is 0. The summed E-state index contributed by atoms with van der Waals surface area (Å²) in [6, 6.07) is 20.6. The molecule has 4 aromatic carbocycles. The van der Waals surface area contributed by atoms with Crippen LogP contribution >= 0.6 is 0 Å². The Morgan fingerprint density at radius 2 is 0.929 bits per heavy atom. The van der Waals surface area contributed by atoms with Crippen molar-refractivity contribution in [3.8, 4) is 11.5 Å². The van der Waals surface area contributed by atoms with E-state index in [9.17, 15) is 0 Å². The first-order valence-corrected chi connectivity index (χ1v) is 9.61. The minimum Gasteiger partial charge on any atom is -0.492 e. The highest BCUT2D eigenvalue weighted by molar-refractivity contribution is 6.24. The standard InChI is InChI=1S/C24H20N2O2/c1-3-27-19-13-14-20(28-4-2)24-23(19)25-21-17-11-7-5-9-15(17)16-10-6-8-12-18(16)22(21)26-24/h5-14H,3-4H2,1-2H3. The second-order valence-corrected chi connectivity index (χ2v) is 6.64. The first-order chi connectivity index (χ1) is 13.8. The molecule has 0 unspecified atom stereocenters. The first kappa shape index (κ1) is 16.8. The predicted molar refractivity (Wildman–Crippen MR) is 114 cm³/mol. The molecule has 0 saturated heterocycles. The molecular formula is C24H20N2O2. The quantitative estimate of drug-likeness (QED) is 0.293. The fraction of sp³-hybridized carbons (Fsp3) is 0.167. The maximum absolute atomic E-state index is 5.84. The van der Waals surface area contributed by atoms with Crippen molar-refractivity contribution in [1.29, 1.82) is 0 Å². The van der Waals surface area contributed by atoms with Crippen LogP contribution in [0, 0.1) is 0 Å². The lowest BCUT2D eigenvalue weighted by molar-refractivity contribution is 0.335. The average molecular weight is 368 g/mol. The van der Waals surface area contributed by atoms with Crippen LogP contribution in [0.15, 0.2) is 60.7 Å². The first-order valence-electron chi connectivity index (χ1n) is 9.61. The van der Waals surface area contributed by atoms with Gasteiger partial charge in [-0.3, -0.25) is 0 Å². The molecule has 0 aliphatic rings. The van der Waals surface area contributed by atoms with Gasteiger partial charge in [-0.25, -0.2) is 9.97 Å². The third-order valence-corrected chi connectivity index (χ3v) is 5.00. The number of hydrogen-bond acceptors (Lipinski definition) is 4. The Kier molecular flexibility index (Phi) is 3.97. The van der Waals surface area contributed by atoms with Crippen LogP contribution < -0.4 is 9.47 Å². The normalized spacial score (nSPS) is 11.5. The summed E-state index contributed by atoms with van der Waals surface area (Å²) < 4.78 is 11.7. The van der Waals surface area contributed by atoms with E-state index in [4.69, 9.17) is 19.4 Å². The van der Waals surface area contributed by atoms with Crippen molar-refractivity contribution in [1.82, 2.24) is 9.97 Å². The van der Waals surface area contributed by atoms with Crippen molar-refractivity contribution < 1.29 is 9.47 Å². The molecule has 0 amide bonds. The maximum Gasteiger partial charge on any atom is 0.147 e. The third kappa shape index (κ3) is 2.45. The molecule has 1 aromatic heterocycles. The van der Waals surface area contributed by atoms with Crippen LogP contribution in [0.1, 0.15) is 13.8 Å². The van der Waals surface area contributed by atoms with E-state index >= 15 is 0 Å². The monoisotopic (exact) mass is 368 g/mol. The summed E-state index contributed by atoms with van der Waals surface area (Å²) >= 11 is 0. The van der Waals surface area contributed by atoms with E-state index in [-0.39, 0.29) is 0 Å². The van der Waals surface area contributed by atoms with Crippen LogP contribution in [0.5, 0.6) is 11.5 Å². The number of fused-ring (bicyclic) bond motifs is 7. The second kappa shape index (κ2) is 6.64. The molecule has 0 radical (unpaired) electrons. The van der Waals surface area contributed by atoms with Crippen LogP contribution in [0.4, 0.5) is 0 Å². The number of aromatic nitrogens is 2. The molecule has 0 fully saturated rings. The summed E-state index contributed by atoms with van der Waals surface area (Å²) in [6.07, 6.45) is 0. The third-order valence-electron chi connectivity index (χ3n) is 5.00. The van der Waals surface area contributed by atoms with Crippen molar-refractivity contribution in [2.75, 3.05) is 13.2 Å².